The molecular weight excluding hydrogens is 314 g/mol. The molecule has 0 aliphatic heterocycles. The number of nitrogens with two attached hydrogens (primary N) is 1. The van der Waals surface area contributed by atoms with Crippen LogP contribution in [-0.2, 0) is 16.6 Å². The summed E-state index contributed by atoms with van der Waals surface area (Å²) < 4.78 is 0. The molecule has 5 heteroatoms. The van der Waals surface area contributed by atoms with Crippen molar-refractivity contribution in [3.8, 4) is 0 Å². The fraction of sp³-hybridized carbons (Fsp3) is 0.300. The maximum absolute atomic E-state index is 12.6. The fourth-order valence-electron chi connectivity index (χ4n) is 3.12. The van der Waals surface area contributed by atoms with Crippen LogP contribution in [0.25, 0.3) is 0 Å². The smallest absolute Gasteiger partial charge is 0.312 e. The van der Waals surface area contributed by atoms with Crippen LogP contribution in [0.1, 0.15) is 24.0 Å². The van der Waals surface area contributed by atoms with Gasteiger partial charge in [0.2, 0.25) is 5.91 Å². The highest BCUT2D eigenvalue weighted by Gasteiger charge is 2.44. The molecule has 1 atom stereocenters. The minimum atomic E-state index is -0.694. The minimum Gasteiger partial charge on any atom is -0.353 e. The van der Waals surface area contributed by atoms with Crippen LogP contribution >= 0.6 is 0 Å². The Morgan fingerprint density at radius 3 is 2.16 bits per heavy atom. The Hall–Kier alpha value is -2.82. The molecule has 25 heavy (non-hydrogen) atoms. The Labute approximate surface area is 147 Å². The van der Waals surface area contributed by atoms with Crippen molar-refractivity contribution < 1.29 is 9.59 Å². The Morgan fingerprint density at radius 2 is 1.60 bits per heavy atom. The quantitative estimate of drug-likeness (QED) is 0.723. The predicted molar refractivity (Wildman–Crippen MR) is 97.0 cm³/mol. The van der Waals surface area contributed by atoms with Crippen molar-refractivity contribution >= 4 is 11.9 Å². The molecule has 3 rings (SSSR count). The van der Waals surface area contributed by atoms with Gasteiger partial charge in [-0.3, -0.25) is 4.79 Å². The van der Waals surface area contributed by atoms with E-state index in [-0.39, 0.29) is 11.3 Å². The van der Waals surface area contributed by atoms with Gasteiger partial charge in [0.1, 0.15) is 6.04 Å². The van der Waals surface area contributed by atoms with Crippen LogP contribution in [0, 0.1) is 0 Å². The second-order valence-corrected chi connectivity index (χ2v) is 6.62. The molecule has 0 spiro atoms. The molecule has 130 valence electrons. The van der Waals surface area contributed by atoms with Crippen LogP contribution < -0.4 is 16.4 Å². The SMILES string of the molecule is NC(=O)N[C@@H](Cc1ccccc1)C(=O)NCC1(c2ccccc2)CC1. The topological polar surface area (TPSA) is 84.2 Å². The Balaban J connectivity index is 1.63. The van der Waals surface area contributed by atoms with Crippen LogP contribution in [-0.4, -0.2) is 24.5 Å². The lowest BCUT2D eigenvalue weighted by Gasteiger charge is -2.21. The zero-order valence-electron chi connectivity index (χ0n) is 14.1. The van der Waals surface area contributed by atoms with Gasteiger partial charge in [-0.1, -0.05) is 60.7 Å². The molecule has 0 aromatic heterocycles. The lowest BCUT2D eigenvalue weighted by atomic mass is 9.95. The number of hydrogen-bond acceptors (Lipinski definition) is 2. The average Bonchev–Trinajstić information content (AvgIpc) is 3.42. The summed E-state index contributed by atoms with van der Waals surface area (Å²) in [6.45, 7) is 0.571. The summed E-state index contributed by atoms with van der Waals surface area (Å²) in [6, 6.07) is 18.4. The second kappa shape index (κ2) is 7.38. The number of hydrogen-bond donors (Lipinski definition) is 3. The van der Waals surface area contributed by atoms with E-state index in [1.807, 2.05) is 48.5 Å². The van der Waals surface area contributed by atoms with Crippen molar-refractivity contribution in [3.63, 3.8) is 0 Å². The summed E-state index contributed by atoms with van der Waals surface area (Å²) in [7, 11) is 0. The van der Waals surface area contributed by atoms with Crippen LogP contribution in [0.4, 0.5) is 4.79 Å². The molecule has 0 heterocycles. The van der Waals surface area contributed by atoms with Crippen LogP contribution in [0.5, 0.6) is 0 Å². The largest absolute Gasteiger partial charge is 0.353 e. The highest BCUT2D eigenvalue weighted by Crippen LogP contribution is 2.47. The first-order chi connectivity index (χ1) is 12.1. The second-order valence-electron chi connectivity index (χ2n) is 6.62. The maximum atomic E-state index is 12.6. The Bertz CT molecular complexity index is 727. The van der Waals surface area contributed by atoms with E-state index >= 15 is 0 Å². The number of carbonyl (C=O) groups excluding carboxylic acids is 2. The van der Waals surface area contributed by atoms with E-state index in [4.69, 9.17) is 5.73 Å². The third-order valence-electron chi connectivity index (χ3n) is 4.76. The van der Waals surface area contributed by atoms with Gasteiger partial charge in [-0.25, -0.2) is 4.79 Å². The molecule has 0 saturated heterocycles. The number of benzene rings is 2. The van der Waals surface area contributed by atoms with Gasteiger partial charge in [0.25, 0.3) is 0 Å². The van der Waals surface area contributed by atoms with E-state index in [1.54, 1.807) is 0 Å². The van der Waals surface area contributed by atoms with Crippen LogP contribution in [0.2, 0.25) is 0 Å². The van der Waals surface area contributed by atoms with E-state index in [9.17, 15) is 9.59 Å². The van der Waals surface area contributed by atoms with Crippen molar-refractivity contribution in [2.75, 3.05) is 6.54 Å². The minimum absolute atomic E-state index is 0.0287. The first-order valence-electron chi connectivity index (χ1n) is 8.52. The van der Waals surface area contributed by atoms with Crippen molar-refractivity contribution in [3.05, 3.63) is 71.8 Å². The monoisotopic (exact) mass is 337 g/mol. The van der Waals surface area contributed by atoms with Gasteiger partial charge in [0.15, 0.2) is 0 Å². The van der Waals surface area contributed by atoms with Gasteiger partial charge >= 0.3 is 6.03 Å². The van der Waals surface area contributed by atoms with Gasteiger partial charge in [0.05, 0.1) is 0 Å². The number of carbonyl (C=O) groups is 2. The van der Waals surface area contributed by atoms with Crippen LogP contribution in [0.15, 0.2) is 60.7 Å². The summed E-state index contributed by atoms with van der Waals surface area (Å²) in [4.78, 5) is 23.9. The first kappa shape index (κ1) is 17.0. The van der Waals surface area contributed by atoms with Crippen LogP contribution in [0.3, 0.4) is 0 Å². The molecule has 2 aromatic carbocycles. The molecule has 1 saturated carbocycles. The summed E-state index contributed by atoms with van der Waals surface area (Å²) in [5.41, 5.74) is 7.49. The zero-order chi connectivity index (χ0) is 17.7. The van der Waals surface area contributed by atoms with E-state index in [2.05, 4.69) is 22.8 Å². The van der Waals surface area contributed by atoms with E-state index in [0.29, 0.717) is 13.0 Å². The highest BCUT2D eigenvalue weighted by atomic mass is 16.2. The number of urea groups is 1. The maximum Gasteiger partial charge on any atom is 0.312 e. The van der Waals surface area contributed by atoms with Crippen molar-refractivity contribution in [1.82, 2.24) is 10.6 Å². The molecule has 0 radical (unpaired) electrons. The Morgan fingerprint density at radius 1 is 1.00 bits per heavy atom. The lowest BCUT2D eigenvalue weighted by Crippen LogP contribution is -2.51. The van der Waals surface area contributed by atoms with Gasteiger partial charge in [-0.15, -0.1) is 0 Å². The van der Waals surface area contributed by atoms with Crippen molar-refractivity contribution in [1.29, 1.82) is 0 Å². The normalized spacial score (nSPS) is 15.8. The zero-order valence-corrected chi connectivity index (χ0v) is 14.1. The Kier molecular flexibility index (Phi) is 5.03. The molecule has 1 aliphatic rings. The number of nitrogens with one attached hydrogen (secondary N) is 2. The van der Waals surface area contributed by atoms with E-state index in [0.717, 1.165) is 18.4 Å². The standard InChI is InChI=1S/C20H23N3O2/c21-19(25)23-17(13-15-7-3-1-4-8-15)18(24)22-14-20(11-12-20)16-9-5-2-6-10-16/h1-10,17H,11-14H2,(H,22,24)(H3,21,23,25)/t17-/m0/s1. The summed E-state index contributed by atoms with van der Waals surface area (Å²) in [5.74, 6) is -0.204. The molecule has 3 amide bonds. The van der Waals surface area contributed by atoms with E-state index < -0.39 is 12.1 Å². The summed E-state index contributed by atoms with van der Waals surface area (Å²) in [5, 5.41) is 5.55. The fourth-order valence-corrected chi connectivity index (χ4v) is 3.12. The molecule has 5 nitrogen and oxygen atoms in total. The lowest BCUT2D eigenvalue weighted by molar-refractivity contribution is -0.123. The average molecular weight is 337 g/mol. The molecule has 0 unspecified atom stereocenters. The van der Waals surface area contributed by atoms with Crippen molar-refractivity contribution in [2.24, 2.45) is 5.73 Å². The molecule has 0 bridgehead atoms. The molecule has 4 N–H and O–H groups in total. The molecule has 2 aromatic rings. The van der Waals surface area contributed by atoms with E-state index in [1.165, 1.54) is 5.56 Å². The third kappa shape index (κ3) is 4.38. The number of amides is 3. The third-order valence-corrected chi connectivity index (χ3v) is 4.76. The van der Waals surface area contributed by atoms with Gasteiger partial charge in [-0.05, 0) is 24.0 Å². The highest BCUT2D eigenvalue weighted by molar-refractivity contribution is 5.86. The van der Waals surface area contributed by atoms with Crippen molar-refractivity contribution in [2.45, 2.75) is 30.7 Å². The summed E-state index contributed by atoms with van der Waals surface area (Å²) >= 11 is 0. The predicted octanol–water partition coefficient (Wildman–Crippen LogP) is 2.11. The first-order valence-corrected chi connectivity index (χ1v) is 8.52. The molecular formula is C20H23N3O2. The van der Waals surface area contributed by atoms with Gasteiger partial charge in [0, 0.05) is 18.4 Å². The summed E-state index contributed by atoms with van der Waals surface area (Å²) in [6.07, 6.45) is 2.53. The number of primary amides is 1. The molecule has 1 fully saturated rings. The van der Waals surface area contributed by atoms with Gasteiger partial charge in [-0.2, -0.15) is 0 Å². The molecule has 1 aliphatic carbocycles. The number of rotatable bonds is 7. The van der Waals surface area contributed by atoms with Gasteiger partial charge < -0.3 is 16.4 Å².